The van der Waals surface area contributed by atoms with Crippen LogP contribution in [0, 0.1) is 4.77 Å². The van der Waals surface area contributed by atoms with Gasteiger partial charge in [0.15, 0.2) is 4.77 Å². The Balaban J connectivity index is 1.88. The van der Waals surface area contributed by atoms with Crippen LogP contribution in [0.2, 0.25) is 0 Å². The van der Waals surface area contributed by atoms with Crippen LogP contribution < -0.4 is 5.56 Å². The molecule has 146 valence electrons. The van der Waals surface area contributed by atoms with Crippen molar-refractivity contribution in [3.05, 3.63) is 62.2 Å². The maximum atomic E-state index is 12.2. The summed E-state index contributed by atoms with van der Waals surface area (Å²) in [6.07, 6.45) is 8.70. The SMILES string of the molecule is O=C(O)c1cccc(N=Cc2c(O)n(CCC3=CCCCC3)c(=S)[nH]c2=O)c1. The van der Waals surface area contributed by atoms with Gasteiger partial charge in [0, 0.05) is 12.8 Å². The molecule has 1 aliphatic carbocycles. The number of nitrogens with one attached hydrogen (secondary N) is 1. The van der Waals surface area contributed by atoms with Crippen LogP contribution in [0.25, 0.3) is 0 Å². The molecule has 0 saturated carbocycles. The summed E-state index contributed by atoms with van der Waals surface area (Å²) in [5, 5.41) is 19.6. The van der Waals surface area contributed by atoms with Gasteiger partial charge in [-0.05, 0) is 62.5 Å². The second-order valence-corrected chi connectivity index (χ2v) is 7.01. The molecule has 0 aliphatic heterocycles. The molecule has 0 amide bonds. The van der Waals surface area contributed by atoms with E-state index >= 15 is 0 Å². The summed E-state index contributed by atoms with van der Waals surface area (Å²) in [4.78, 5) is 30.0. The minimum absolute atomic E-state index is 0.0213. The molecular formula is C20H21N3O4S. The fourth-order valence-corrected chi connectivity index (χ4v) is 3.41. The van der Waals surface area contributed by atoms with Crippen LogP contribution in [0.3, 0.4) is 0 Å². The molecule has 2 aromatic rings. The number of carboxylic acids is 1. The van der Waals surface area contributed by atoms with E-state index < -0.39 is 11.5 Å². The smallest absolute Gasteiger partial charge is 0.335 e. The molecule has 0 radical (unpaired) electrons. The van der Waals surface area contributed by atoms with Gasteiger partial charge in [0.25, 0.3) is 5.56 Å². The summed E-state index contributed by atoms with van der Waals surface area (Å²) in [5.41, 5.74) is 1.21. The van der Waals surface area contributed by atoms with Crippen LogP contribution in [0.15, 0.2) is 45.7 Å². The first-order chi connectivity index (χ1) is 13.5. The van der Waals surface area contributed by atoms with E-state index in [4.69, 9.17) is 17.3 Å². The van der Waals surface area contributed by atoms with Gasteiger partial charge in [0.1, 0.15) is 5.56 Å². The molecule has 1 aliphatic rings. The van der Waals surface area contributed by atoms with E-state index in [1.165, 1.54) is 41.3 Å². The number of carboxylic acid groups (broad SMARTS) is 1. The standard InChI is InChI=1S/C20H21N3O4S/c24-17-16(12-21-15-8-4-7-14(11-15)19(26)27)18(25)23(20(28)22-17)10-9-13-5-2-1-3-6-13/h4-5,7-8,11-12,25H,1-3,6,9-10H2,(H,26,27)(H,22,24,28). The number of aromatic amines is 1. The molecule has 1 heterocycles. The van der Waals surface area contributed by atoms with Crippen molar-refractivity contribution in [2.24, 2.45) is 4.99 Å². The van der Waals surface area contributed by atoms with Gasteiger partial charge in [-0.25, -0.2) is 4.79 Å². The summed E-state index contributed by atoms with van der Waals surface area (Å²) in [5.74, 6) is -1.31. The van der Waals surface area contributed by atoms with Crippen LogP contribution in [-0.4, -0.2) is 31.9 Å². The maximum absolute atomic E-state index is 12.2. The highest BCUT2D eigenvalue weighted by Crippen LogP contribution is 2.22. The molecular weight excluding hydrogens is 378 g/mol. The highest BCUT2D eigenvalue weighted by atomic mass is 32.1. The van der Waals surface area contributed by atoms with E-state index in [1.807, 2.05) is 0 Å². The van der Waals surface area contributed by atoms with Crippen LogP contribution in [0.5, 0.6) is 5.88 Å². The molecule has 7 nitrogen and oxygen atoms in total. The van der Waals surface area contributed by atoms with Crippen molar-refractivity contribution in [3.8, 4) is 5.88 Å². The summed E-state index contributed by atoms with van der Waals surface area (Å²) < 4.78 is 1.64. The normalized spacial score (nSPS) is 14.2. The number of nitrogens with zero attached hydrogens (tertiary/aromatic N) is 2. The molecule has 0 unspecified atom stereocenters. The number of aromatic nitrogens is 2. The van der Waals surface area contributed by atoms with Gasteiger partial charge in [0.2, 0.25) is 5.88 Å². The zero-order chi connectivity index (χ0) is 20.1. The summed E-state index contributed by atoms with van der Waals surface area (Å²) >= 11 is 5.20. The van der Waals surface area contributed by atoms with Gasteiger partial charge in [0.05, 0.1) is 11.3 Å². The number of aliphatic imine (C=N–C) groups is 1. The monoisotopic (exact) mass is 399 g/mol. The number of aromatic carboxylic acids is 1. The lowest BCUT2D eigenvalue weighted by Gasteiger charge is -2.15. The van der Waals surface area contributed by atoms with Crippen LogP contribution >= 0.6 is 12.2 Å². The molecule has 0 saturated heterocycles. The molecule has 0 bridgehead atoms. The lowest BCUT2D eigenvalue weighted by Crippen LogP contribution is -2.19. The van der Waals surface area contributed by atoms with E-state index in [2.05, 4.69) is 16.1 Å². The highest BCUT2D eigenvalue weighted by Gasteiger charge is 2.12. The second kappa shape index (κ2) is 8.79. The predicted molar refractivity (Wildman–Crippen MR) is 109 cm³/mol. The van der Waals surface area contributed by atoms with Crippen molar-refractivity contribution in [3.63, 3.8) is 0 Å². The van der Waals surface area contributed by atoms with Crippen molar-refractivity contribution < 1.29 is 15.0 Å². The zero-order valence-electron chi connectivity index (χ0n) is 15.2. The van der Waals surface area contributed by atoms with Gasteiger partial charge < -0.3 is 10.2 Å². The van der Waals surface area contributed by atoms with E-state index in [1.54, 1.807) is 12.1 Å². The first-order valence-corrected chi connectivity index (χ1v) is 9.48. The number of carbonyl (C=O) groups is 1. The number of benzene rings is 1. The number of hydrogen-bond donors (Lipinski definition) is 3. The second-order valence-electron chi connectivity index (χ2n) is 6.62. The van der Waals surface area contributed by atoms with Crippen LogP contribution in [0.4, 0.5) is 5.69 Å². The van der Waals surface area contributed by atoms with Crippen LogP contribution in [0.1, 0.15) is 48.0 Å². The average molecular weight is 399 g/mol. The summed E-state index contributed by atoms with van der Waals surface area (Å²) in [6.45, 7) is 0.461. The molecule has 0 atom stereocenters. The third-order valence-corrected chi connectivity index (χ3v) is 5.01. The van der Waals surface area contributed by atoms with E-state index in [0.717, 1.165) is 19.3 Å². The van der Waals surface area contributed by atoms with E-state index in [-0.39, 0.29) is 21.8 Å². The Bertz CT molecular complexity index is 1070. The molecule has 28 heavy (non-hydrogen) atoms. The minimum Gasteiger partial charge on any atom is -0.494 e. The Labute approximate surface area is 166 Å². The van der Waals surface area contributed by atoms with Crippen molar-refractivity contribution in [1.29, 1.82) is 0 Å². The Morgan fingerprint density at radius 2 is 2.18 bits per heavy atom. The molecule has 1 aromatic heterocycles. The number of H-pyrrole nitrogens is 1. The molecule has 0 spiro atoms. The van der Waals surface area contributed by atoms with Crippen molar-refractivity contribution in [1.82, 2.24) is 9.55 Å². The van der Waals surface area contributed by atoms with Gasteiger partial charge >= 0.3 is 5.97 Å². The largest absolute Gasteiger partial charge is 0.494 e. The van der Waals surface area contributed by atoms with E-state index in [9.17, 15) is 14.7 Å². The topological polar surface area (TPSA) is 108 Å². The molecule has 3 rings (SSSR count). The Morgan fingerprint density at radius 3 is 2.89 bits per heavy atom. The Hall–Kier alpha value is -3.00. The van der Waals surface area contributed by atoms with Gasteiger partial charge in [-0.1, -0.05) is 17.7 Å². The fourth-order valence-electron chi connectivity index (χ4n) is 3.14. The van der Waals surface area contributed by atoms with Gasteiger partial charge in [-0.3, -0.25) is 19.3 Å². The Morgan fingerprint density at radius 1 is 1.36 bits per heavy atom. The third kappa shape index (κ3) is 4.64. The molecule has 1 aromatic carbocycles. The lowest BCUT2D eigenvalue weighted by atomic mass is 9.97. The number of allylic oxidation sites excluding steroid dienone is 2. The summed E-state index contributed by atoms with van der Waals surface area (Å²) in [6, 6.07) is 6.00. The molecule has 0 fully saturated rings. The fraction of sp³-hybridized carbons (Fsp3) is 0.300. The van der Waals surface area contributed by atoms with Gasteiger partial charge in [-0.15, -0.1) is 0 Å². The quantitative estimate of drug-likeness (QED) is 0.387. The molecule has 3 N–H and O–H groups in total. The average Bonchev–Trinajstić information content (AvgIpc) is 2.68. The number of rotatable bonds is 6. The predicted octanol–water partition coefficient (Wildman–Crippen LogP) is 3.95. The van der Waals surface area contributed by atoms with Gasteiger partial charge in [-0.2, -0.15) is 0 Å². The lowest BCUT2D eigenvalue weighted by molar-refractivity contribution is 0.0697. The first-order valence-electron chi connectivity index (χ1n) is 9.07. The van der Waals surface area contributed by atoms with Crippen LogP contribution in [-0.2, 0) is 6.54 Å². The highest BCUT2D eigenvalue weighted by molar-refractivity contribution is 7.71. The minimum atomic E-state index is -1.07. The van der Waals surface area contributed by atoms with Crippen molar-refractivity contribution >= 4 is 30.1 Å². The molecule has 8 heteroatoms. The first kappa shape index (κ1) is 19.8. The van der Waals surface area contributed by atoms with Crippen molar-refractivity contribution in [2.45, 2.75) is 38.6 Å². The summed E-state index contributed by atoms with van der Waals surface area (Å²) in [7, 11) is 0. The maximum Gasteiger partial charge on any atom is 0.335 e. The Kier molecular flexibility index (Phi) is 6.20. The van der Waals surface area contributed by atoms with E-state index in [0.29, 0.717) is 12.2 Å². The number of aromatic hydroxyl groups is 1. The number of hydrogen-bond acceptors (Lipinski definition) is 5. The van der Waals surface area contributed by atoms with Crippen molar-refractivity contribution in [2.75, 3.05) is 0 Å². The zero-order valence-corrected chi connectivity index (χ0v) is 16.0. The third-order valence-electron chi connectivity index (χ3n) is 4.68.